The highest BCUT2D eigenvalue weighted by atomic mass is 16.7. The van der Waals surface area contributed by atoms with Gasteiger partial charge in [-0.1, -0.05) is 12.2 Å². The summed E-state index contributed by atoms with van der Waals surface area (Å²) in [6, 6.07) is -1.30. The van der Waals surface area contributed by atoms with E-state index in [4.69, 9.17) is 20.9 Å². The Morgan fingerprint density at radius 3 is 2.29 bits per heavy atom. The van der Waals surface area contributed by atoms with Gasteiger partial charge in [-0.3, -0.25) is 0 Å². The topological polar surface area (TPSA) is 172 Å². The molecule has 9 N–H and O–H groups in total. The van der Waals surface area contributed by atoms with E-state index in [0.717, 1.165) is 0 Å². The zero-order valence-corrected chi connectivity index (χ0v) is 13.5. The first-order valence-corrected chi connectivity index (χ1v) is 8.09. The fourth-order valence-corrected chi connectivity index (χ4v) is 3.28. The second-order valence-electron chi connectivity index (χ2n) is 6.46. The van der Waals surface area contributed by atoms with Gasteiger partial charge in [0, 0.05) is 12.1 Å². The first-order valence-electron chi connectivity index (χ1n) is 8.09. The summed E-state index contributed by atoms with van der Waals surface area (Å²) in [5.74, 6) is -0.722. The van der Waals surface area contributed by atoms with Crippen LogP contribution >= 0.6 is 0 Å². The standard InChI is InChI=1S/C15H28N2O7/c1-2-3-6-10(19)12(21)9(5-18)23-15(6)24-14-8(17)4-7(16)11(20)13(14)22/h2-3,6-15,18-22H,4-5,16-17H2,1H3/b3-2+/t6?,7-,8?,9?,10?,11?,12-,13?,14-,15-/m1/s1. The van der Waals surface area contributed by atoms with E-state index in [2.05, 4.69) is 0 Å². The zero-order valence-electron chi connectivity index (χ0n) is 13.5. The van der Waals surface area contributed by atoms with Crippen LogP contribution in [0.25, 0.3) is 0 Å². The maximum Gasteiger partial charge on any atom is 0.167 e. The number of allylic oxidation sites excluding steroid dienone is 1. The van der Waals surface area contributed by atoms with E-state index in [1.165, 1.54) is 0 Å². The van der Waals surface area contributed by atoms with Gasteiger partial charge in [0.05, 0.1) is 24.7 Å². The molecule has 9 nitrogen and oxygen atoms in total. The van der Waals surface area contributed by atoms with Crippen LogP contribution in [0.3, 0.4) is 0 Å². The summed E-state index contributed by atoms with van der Waals surface area (Å²) in [7, 11) is 0. The molecule has 10 atom stereocenters. The van der Waals surface area contributed by atoms with E-state index in [0.29, 0.717) is 0 Å². The fraction of sp³-hybridized carbons (Fsp3) is 0.867. The third-order valence-electron chi connectivity index (χ3n) is 4.73. The Bertz CT molecular complexity index is 438. The first-order chi connectivity index (χ1) is 11.3. The van der Waals surface area contributed by atoms with Crippen LogP contribution in [-0.4, -0.2) is 87.1 Å². The summed E-state index contributed by atoms with van der Waals surface area (Å²) in [4.78, 5) is 0. The lowest BCUT2D eigenvalue weighted by Gasteiger charge is -2.46. The molecule has 2 fully saturated rings. The number of aliphatic hydroxyl groups is 5. The largest absolute Gasteiger partial charge is 0.394 e. The van der Waals surface area contributed by atoms with E-state index in [1.54, 1.807) is 19.1 Å². The van der Waals surface area contributed by atoms with Crippen LogP contribution in [0.5, 0.6) is 0 Å². The van der Waals surface area contributed by atoms with Crippen molar-refractivity contribution in [1.29, 1.82) is 0 Å². The molecule has 0 spiro atoms. The molecule has 0 aromatic carbocycles. The van der Waals surface area contributed by atoms with Crippen molar-refractivity contribution in [3.8, 4) is 0 Å². The molecule has 1 aliphatic carbocycles. The molecule has 140 valence electrons. The van der Waals surface area contributed by atoms with Gasteiger partial charge < -0.3 is 46.5 Å². The third kappa shape index (κ3) is 3.79. The summed E-state index contributed by atoms with van der Waals surface area (Å²) >= 11 is 0. The van der Waals surface area contributed by atoms with Crippen molar-refractivity contribution < 1.29 is 35.0 Å². The smallest absolute Gasteiger partial charge is 0.167 e. The Morgan fingerprint density at radius 2 is 1.71 bits per heavy atom. The normalized spacial score (nSPS) is 50.3. The van der Waals surface area contributed by atoms with Gasteiger partial charge in [0.1, 0.15) is 24.4 Å². The molecule has 1 aliphatic heterocycles. The lowest BCUT2D eigenvalue weighted by atomic mass is 9.84. The average Bonchev–Trinajstić information content (AvgIpc) is 2.55. The molecule has 1 heterocycles. The van der Waals surface area contributed by atoms with Crippen molar-refractivity contribution in [3.05, 3.63) is 12.2 Å². The molecule has 0 radical (unpaired) electrons. The minimum absolute atomic E-state index is 0.249. The number of rotatable bonds is 4. The monoisotopic (exact) mass is 348 g/mol. The van der Waals surface area contributed by atoms with Crippen LogP contribution in [0.4, 0.5) is 0 Å². The molecule has 6 unspecified atom stereocenters. The average molecular weight is 348 g/mol. The summed E-state index contributed by atoms with van der Waals surface area (Å²) < 4.78 is 11.3. The van der Waals surface area contributed by atoms with Crippen molar-refractivity contribution in [3.63, 3.8) is 0 Å². The van der Waals surface area contributed by atoms with Gasteiger partial charge >= 0.3 is 0 Å². The molecule has 9 heteroatoms. The van der Waals surface area contributed by atoms with Gasteiger partial charge in [-0.15, -0.1) is 0 Å². The van der Waals surface area contributed by atoms with Crippen LogP contribution in [0.15, 0.2) is 12.2 Å². The minimum atomic E-state index is -1.31. The number of hydrogen-bond acceptors (Lipinski definition) is 9. The van der Waals surface area contributed by atoms with Gasteiger partial charge in [0.25, 0.3) is 0 Å². The molecule has 0 aromatic rings. The van der Waals surface area contributed by atoms with E-state index in [-0.39, 0.29) is 6.42 Å². The first kappa shape index (κ1) is 19.7. The third-order valence-corrected chi connectivity index (χ3v) is 4.73. The van der Waals surface area contributed by atoms with Crippen molar-refractivity contribution in [2.24, 2.45) is 17.4 Å². The molecular weight excluding hydrogens is 320 g/mol. The van der Waals surface area contributed by atoms with Crippen LogP contribution in [-0.2, 0) is 9.47 Å². The maximum atomic E-state index is 10.3. The van der Waals surface area contributed by atoms with Crippen molar-refractivity contribution in [1.82, 2.24) is 0 Å². The minimum Gasteiger partial charge on any atom is -0.394 e. The van der Waals surface area contributed by atoms with Gasteiger partial charge in [-0.25, -0.2) is 0 Å². The predicted octanol–water partition coefficient (Wildman–Crippen LogP) is -3.22. The Morgan fingerprint density at radius 1 is 1.04 bits per heavy atom. The molecule has 2 aliphatic rings. The Balaban J connectivity index is 2.17. The lowest BCUT2D eigenvalue weighted by Crippen LogP contribution is -2.64. The SMILES string of the molecule is C/C=C/C1C(O)[C@H](O)C(CO)O[C@@H]1O[C@@H]1C(N)C[C@@H](N)C(O)C1O. The van der Waals surface area contributed by atoms with Crippen LogP contribution in [0.2, 0.25) is 0 Å². The summed E-state index contributed by atoms with van der Waals surface area (Å²) in [5, 5.41) is 49.7. The Kier molecular flexibility index (Phi) is 6.71. The number of ether oxygens (including phenoxy) is 2. The molecular formula is C15H28N2O7. The van der Waals surface area contributed by atoms with Crippen molar-refractivity contribution in [2.75, 3.05) is 6.61 Å². The van der Waals surface area contributed by atoms with E-state index in [9.17, 15) is 25.5 Å². The summed E-state index contributed by atoms with van der Waals surface area (Å²) in [5.41, 5.74) is 11.7. The number of hydrogen-bond donors (Lipinski definition) is 7. The molecule has 24 heavy (non-hydrogen) atoms. The van der Waals surface area contributed by atoms with Gasteiger partial charge in [0.15, 0.2) is 6.29 Å². The van der Waals surface area contributed by atoms with Crippen LogP contribution < -0.4 is 11.5 Å². The molecule has 0 bridgehead atoms. The van der Waals surface area contributed by atoms with E-state index < -0.39 is 67.5 Å². The molecule has 1 saturated carbocycles. The molecule has 1 saturated heterocycles. The zero-order chi connectivity index (χ0) is 18.0. The molecule has 2 rings (SSSR count). The van der Waals surface area contributed by atoms with Gasteiger partial charge in [-0.2, -0.15) is 0 Å². The van der Waals surface area contributed by atoms with Crippen molar-refractivity contribution in [2.45, 2.75) is 68.3 Å². The van der Waals surface area contributed by atoms with Gasteiger partial charge in [-0.05, 0) is 13.3 Å². The highest BCUT2D eigenvalue weighted by Crippen LogP contribution is 2.31. The Labute approximate surface area is 140 Å². The fourth-order valence-electron chi connectivity index (χ4n) is 3.28. The lowest BCUT2D eigenvalue weighted by molar-refractivity contribution is -0.303. The predicted molar refractivity (Wildman–Crippen MR) is 83.5 cm³/mol. The summed E-state index contributed by atoms with van der Waals surface area (Å²) in [6.07, 6.45) is -4.52. The van der Waals surface area contributed by atoms with Gasteiger partial charge in [0.2, 0.25) is 0 Å². The molecule has 0 amide bonds. The Hall–Kier alpha value is -0.620. The molecule has 0 aromatic heterocycles. The highest BCUT2D eigenvalue weighted by Gasteiger charge is 2.48. The van der Waals surface area contributed by atoms with Crippen LogP contribution in [0.1, 0.15) is 13.3 Å². The van der Waals surface area contributed by atoms with E-state index in [1.807, 2.05) is 0 Å². The quantitative estimate of drug-likeness (QED) is 0.258. The summed E-state index contributed by atoms with van der Waals surface area (Å²) in [6.45, 7) is 1.23. The number of aliphatic hydroxyl groups excluding tert-OH is 5. The maximum absolute atomic E-state index is 10.3. The highest BCUT2D eigenvalue weighted by molar-refractivity contribution is 5.02. The van der Waals surface area contributed by atoms with Crippen LogP contribution in [0, 0.1) is 5.92 Å². The van der Waals surface area contributed by atoms with E-state index >= 15 is 0 Å². The number of nitrogens with two attached hydrogens (primary N) is 2. The second kappa shape index (κ2) is 8.17. The second-order valence-corrected chi connectivity index (χ2v) is 6.46. The van der Waals surface area contributed by atoms with Crippen molar-refractivity contribution >= 4 is 0 Å².